The maximum atomic E-state index is 13.6. The Morgan fingerprint density at radius 2 is 2.38 bits per heavy atom. The van der Waals surface area contributed by atoms with Gasteiger partial charge in [-0.3, -0.25) is 0 Å². The summed E-state index contributed by atoms with van der Waals surface area (Å²) in [4.78, 5) is 2.21. The van der Waals surface area contributed by atoms with Gasteiger partial charge in [0.25, 0.3) is 0 Å². The van der Waals surface area contributed by atoms with E-state index in [1.807, 2.05) is 6.07 Å². The highest BCUT2D eigenvalue weighted by molar-refractivity contribution is 9.08. The van der Waals surface area contributed by atoms with Crippen LogP contribution in [0.25, 0.3) is 0 Å². The third-order valence-corrected chi connectivity index (χ3v) is 3.47. The molecule has 4 heteroatoms. The Morgan fingerprint density at radius 1 is 1.56 bits per heavy atom. The quantitative estimate of drug-likeness (QED) is 0.776. The number of alkyl halides is 1. The highest BCUT2D eigenvalue weighted by Gasteiger charge is 2.22. The monoisotopic (exact) mass is 287 g/mol. The average molecular weight is 288 g/mol. The molecule has 1 unspecified atom stereocenters. The molecule has 2 rings (SSSR count). The lowest BCUT2D eigenvalue weighted by atomic mass is 10.1. The van der Waals surface area contributed by atoms with Crippen LogP contribution in [0.2, 0.25) is 0 Å². The molecule has 1 aliphatic rings. The number of hydrogen-bond acceptors (Lipinski definition) is 2. The Morgan fingerprint density at radius 3 is 3.06 bits per heavy atom. The number of nitrogens with zero attached hydrogens (tertiary/aromatic N) is 1. The van der Waals surface area contributed by atoms with Crippen molar-refractivity contribution in [3.8, 4) is 0 Å². The smallest absolute Gasteiger partial charge is 0.129 e. The van der Waals surface area contributed by atoms with Crippen LogP contribution in [0.5, 0.6) is 0 Å². The second kappa shape index (κ2) is 5.15. The summed E-state index contributed by atoms with van der Waals surface area (Å²) in [6.07, 6.45) is 0. The molecule has 0 aromatic heterocycles. The number of hydrogen-bond donors (Lipinski definition) is 0. The van der Waals surface area contributed by atoms with Gasteiger partial charge in [0, 0.05) is 29.2 Å². The standard InChI is InChI=1S/C12H15BrFNO/c1-9-8-16-6-5-15(9)12-4-2-3-11(14)10(12)7-13/h2-4,9H,5-8H2,1H3. The van der Waals surface area contributed by atoms with Crippen molar-refractivity contribution >= 4 is 21.6 Å². The van der Waals surface area contributed by atoms with E-state index in [1.54, 1.807) is 6.07 Å². The molecule has 0 saturated carbocycles. The van der Waals surface area contributed by atoms with E-state index in [0.29, 0.717) is 24.6 Å². The molecule has 1 fully saturated rings. The normalized spacial score (nSPS) is 21.2. The first-order valence-corrected chi connectivity index (χ1v) is 6.54. The lowest BCUT2D eigenvalue weighted by molar-refractivity contribution is 0.0988. The molecule has 88 valence electrons. The van der Waals surface area contributed by atoms with Gasteiger partial charge in [0.05, 0.1) is 13.2 Å². The number of ether oxygens (including phenoxy) is 1. The molecule has 0 aliphatic carbocycles. The van der Waals surface area contributed by atoms with Crippen LogP contribution in [0.15, 0.2) is 18.2 Å². The summed E-state index contributed by atoms with van der Waals surface area (Å²) in [6, 6.07) is 5.54. The number of benzene rings is 1. The van der Waals surface area contributed by atoms with Crippen LogP contribution in [0.3, 0.4) is 0 Å². The van der Waals surface area contributed by atoms with E-state index in [1.165, 1.54) is 6.07 Å². The predicted octanol–water partition coefficient (Wildman–Crippen LogP) is 2.95. The predicted molar refractivity (Wildman–Crippen MR) is 66.7 cm³/mol. The summed E-state index contributed by atoms with van der Waals surface area (Å²) < 4.78 is 19.0. The third kappa shape index (κ3) is 2.23. The Balaban J connectivity index is 2.34. The first kappa shape index (κ1) is 11.9. The van der Waals surface area contributed by atoms with Gasteiger partial charge >= 0.3 is 0 Å². The molecule has 16 heavy (non-hydrogen) atoms. The first-order chi connectivity index (χ1) is 7.74. The second-order valence-electron chi connectivity index (χ2n) is 3.99. The Labute approximate surface area is 104 Å². The molecule has 0 radical (unpaired) electrons. The zero-order valence-electron chi connectivity index (χ0n) is 9.25. The van der Waals surface area contributed by atoms with Crippen molar-refractivity contribution in [2.75, 3.05) is 24.7 Å². The summed E-state index contributed by atoms with van der Waals surface area (Å²) >= 11 is 3.35. The fourth-order valence-corrected chi connectivity index (χ4v) is 2.59. The van der Waals surface area contributed by atoms with Crippen molar-refractivity contribution in [1.29, 1.82) is 0 Å². The molecule has 1 aliphatic heterocycles. The molecule has 1 saturated heterocycles. The maximum Gasteiger partial charge on any atom is 0.129 e. The molecule has 0 spiro atoms. The highest BCUT2D eigenvalue weighted by atomic mass is 79.9. The van der Waals surface area contributed by atoms with Gasteiger partial charge in [-0.1, -0.05) is 22.0 Å². The molecule has 1 aromatic rings. The van der Waals surface area contributed by atoms with Crippen molar-refractivity contribution in [2.24, 2.45) is 0 Å². The first-order valence-electron chi connectivity index (χ1n) is 5.41. The molecule has 1 aromatic carbocycles. The number of rotatable bonds is 2. The molecule has 1 atom stereocenters. The van der Waals surface area contributed by atoms with E-state index in [4.69, 9.17) is 4.74 Å². The van der Waals surface area contributed by atoms with E-state index in [9.17, 15) is 4.39 Å². The average Bonchev–Trinajstić information content (AvgIpc) is 2.29. The van der Waals surface area contributed by atoms with E-state index in [0.717, 1.165) is 17.8 Å². The van der Waals surface area contributed by atoms with Crippen LogP contribution in [0.1, 0.15) is 12.5 Å². The Kier molecular flexibility index (Phi) is 3.82. The molecule has 0 N–H and O–H groups in total. The van der Waals surface area contributed by atoms with Crippen molar-refractivity contribution in [1.82, 2.24) is 0 Å². The van der Waals surface area contributed by atoms with Crippen molar-refractivity contribution in [2.45, 2.75) is 18.3 Å². The molecule has 0 amide bonds. The summed E-state index contributed by atoms with van der Waals surface area (Å²) in [7, 11) is 0. The summed E-state index contributed by atoms with van der Waals surface area (Å²) in [5.41, 5.74) is 1.71. The number of halogens is 2. The lowest BCUT2D eigenvalue weighted by Gasteiger charge is -2.36. The van der Waals surface area contributed by atoms with Crippen LogP contribution in [0.4, 0.5) is 10.1 Å². The van der Waals surface area contributed by atoms with Crippen LogP contribution in [0, 0.1) is 5.82 Å². The van der Waals surface area contributed by atoms with Gasteiger partial charge in [-0.15, -0.1) is 0 Å². The van der Waals surface area contributed by atoms with Crippen LogP contribution >= 0.6 is 15.9 Å². The SMILES string of the molecule is CC1COCCN1c1cccc(F)c1CBr. The van der Waals surface area contributed by atoms with E-state index < -0.39 is 0 Å². The largest absolute Gasteiger partial charge is 0.377 e. The van der Waals surface area contributed by atoms with Crippen molar-refractivity contribution < 1.29 is 9.13 Å². The van der Waals surface area contributed by atoms with Crippen molar-refractivity contribution in [3.05, 3.63) is 29.6 Å². The minimum Gasteiger partial charge on any atom is -0.377 e. The summed E-state index contributed by atoms with van der Waals surface area (Å²) in [5.74, 6) is -0.145. The Hall–Kier alpha value is -0.610. The van der Waals surface area contributed by atoms with Crippen LogP contribution in [-0.4, -0.2) is 25.8 Å². The zero-order chi connectivity index (χ0) is 11.5. The molecule has 2 nitrogen and oxygen atoms in total. The van der Waals surface area contributed by atoms with E-state index in [-0.39, 0.29) is 5.82 Å². The van der Waals surface area contributed by atoms with Gasteiger partial charge in [0.15, 0.2) is 0 Å². The molecule has 1 heterocycles. The number of anilines is 1. The van der Waals surface area contributed by atoms with Crippen LogP contribution in [-0.2, 0) is 10.1 Å². The molecular weight excluding hydrogens is 273 g/mol. The minimum absolute atomic E-state index is 0.145. The molecular formula is C12H15BrFNO. The zero-order valence-corrected chi connectivity index (χ0v) is 10.8. The highest BCUT2D eigenvalue weighted by Crippen LogP contribution is 2.28. The molecule has 0 bridgehead atoms. The van der Waals surface area contributed by atoms with Crippen LogP contribution < -0.4 is 4.90 Å². The minimum atomic E-state index is -0.145. The maximum absolute atomic E-state index is 13.6. The topological polar surface area (TPSA) is 12.5 Å². The summed E-state index contributed by atoms with van der Waals surface area (Å²) in [6.45, 7) is 4.34. The van der Waals surface area contributed by atoms with Gasteiger partial charge in [0.1, 0.15) is 5.82 Å². The van der Waals surface area contributed by atoms with Gasteiger partial charge < -0.3 is 9.64 Å². The van der Waals surface area contributed by atoms with Gasteiger partial charge in [-0.2, -0.15) is 0 Å². The fraction of sp³-hybridized carbons (Fsp3) is 0.500. The lowest BCUT2D eigenvalue weighted by Crippen LogP contribution is -2.44. The van der Waals surface area contributed by atoms with E-state index >= 15 is 0 Å². The Bertz CT molecular complexity index is 372. The van der Waals surface area contributed by atoms with Gasteiger partial charge in [0.2, 0.25) is 0 Å². The third-order valence-electron chi connectivity index (χ3n) is 2.90. The second-order valence-corrected chi connectivity index (χ2v) is 4.55. The van der Waals surface area contributed by atoms with Gasteiger partial charge in [-0.05, 0) is 19.1 Å². The number of morpholine rings is 1. The fourth-order valence-electron chi connectivity index (χ4n) is 2.03. The van der Waals surface area contributed by atoms with E-state index in [2.05, 4.69) is 27.8 Å². The van der Waals surface area contributed by atoms with Crippen molar-refractivity contribution in [3.63, 3.8) is 0 Å². The van der Waals surface area contributed by atoms with Gasteiger partial charge in [-0.25, -0.2) is 4.39 Å². The summed E-state index contributed by atoms with van der Waals surface area (Å²) in [5, 5.41) is 0.541.